The number of hydrogen-bond donors (Lipinski definition) is 1. The monoisotopic (exact) mass is 999 g/mol. The van der Waals surface area contributed by atoms with Gasteiger partial charge in [-0.25, -0.2) is 0 Å². The third-order valence-corrected chi connectivity index (χ3v) is 20.4. The Morgan fingerprint density at radius 2 is 1.11 bits per heavy atom. The van der Waals surface area contributed by atoms with Crippen LogP contribution in [-0.4, -0.2) is 65.7 Å². The molecule has 4 aromatic carbocycles. The average molecular weight is 1000 g/mol. The van der Waals surface area contributed by atoms with E-state index in [9.17, 15) is 5.11 Å². The van der Waals surface area contributed by atoms with E-state index in [2.05, 4.69) is 146 Å². The number of aryl methyl sites for hydroxylation is 4. The average Bonchev–Trinajstić information content (AvgIpc) is 4.35. The molecular formula is C64H86O5S2. The molecule has 4 fully saturated rings. The normalized spacial score (nSPS) is 23.6. The highest BCUT2D eigenvalue weighted by atomic mass is 32.2. The summed E-state index contributed by atoms with van der Waals surface area (Å²) in [5.74, 6) is 5.87. The topological polar surface area (TPSA) is 57.2 Å². The van der Waals surface area contributed by atoms with Crippen LogP contribution < -0.4 is 4.74 Å². The van der Waals surface area contributed by atoms with Crippen molar-refractivity contribution in [1.29, 1.82) is 0 Å². The Balaban J connectivity index is 0.944. The van der Waals surface area contributed by atoms with Crippen molar-refractivity contribution in [1.82, 2.24) is 0 Å². The van der Waals surface area contributed by atoms with Crippen molar-refractivity contribution >= 4 is 23.5 Å². The van der Waals surface area contributed by atoms with Gasteiger partial charge < -0.3 is 24.1 Å². The van der Waals surface area contributed by atoms with Gasteiger partial charge in [0.1, 0.15) is 25.1 Å². The van der Waals surface area contributed by atoms with Crippen LogP contribution in [0.1, 0.15) is 161 Å². The molecule has 0 amide bonds. The van der Waals surface area contributed by atoms with E-state index in [4.69, 9.17) is 18.9 Å². The number of ether oxygens (including phenoxy) is 4. The predicted molar refractivity (Wildman–Crippen MR) is 298 cm³/mol. The van der Waals surface area contributed by atoms with Crippen molar-refractivity contribution < 1.29 is 24.1 Å². The Labute approximate surface area is 437 Å². The van der Waals surface area contributed by atoms with Crippen LogP contribution in [0, 0.1) is 51.4 Å². The molecule has 2 heterocycles. The maximum Gasteiger partial charge on any atom is 0.119 e. The first-order valence-corrected chi connectivity index (χ1v) is 30.0. The summed E-state index contributed by atoms with van der Waals surface area (Å²) in [5.41, 5.74) is 11.3. The molecule has 71 heavy (non-hydrogen) atoms. The highest BCUT2D eigenvalue weighted by Crippen LogP contribution is 2.59. The molecule has 2 saturated heterocycles. The van der Waals surface area contributed by atoms with E-state index in [1.54, 1.807) is 0 Å². The van der Waals surface area contributed by atoms with Crippen LogP contribution >= 0.6 is 23.5 Å². The van der Waals surface area contributed by atoms with Crippen LogP contribution in [-0.2, 0) is 30.6 Å². The summed E-state index contributed by atoms with van der Waals surface area (Å²) in [6, 6.07) is 33.0. The molecule has 5 unspecified atom stereocenters. The van der Waals surface area contributed by atoms with Crippen molar-refractivity contribution in [3.8, 4) is 5.75 Å². The molecule has 9 rings (SSSR count). The van der Waals surface area contributed by atoms with Gasteiger partial charge in [-0.05, 0) is 166 Å². The number of thioether (sulfide) groups is 2. The molecule has 5 aliphatic rings. The Hall–Kier alpha value is -3.20. The summed E-state index contributed by atoms with van der Waals surface area (Å²) in [6.07, 6.45) is 16.9. The van der Waals surface area contributed by atoms with Gasteiger partial charge in [0.2, 0.25) is 0 Å². The van der Waals surface area contributed by atoms with Crippen molar-refractivity contribution in [2.75, 3.05) is 37.9 Å². The summed E-state index contributed by atoms with van der Waals surface area (Å²) in [5, 5.41) is 12.9. The summed E-state index contributed by atoms with van der Waals surface area (Å²) in [7, 11) is 0. The highest BCUT2D eigenvalue weighted by Gasteiger charge is 2.56. The summed E-state index contributed by atoms with van der Waals surface area (Å²) >= 11 is 4.01. The molecule has 3 aliphatic carbocycles. The number of hydrogen-bond acceptors (Lipinski definition) is 7. The third-order valence-electron chi connectivity index (χ3n) is 18.5. The fraction of sp³-hybridized carbons (Fsp3) is 0.594. The number of rotatable bonds is 24. The number of allylic oxidation sites excluding steroid dienone is 2. The van der Waals surface area contributed by atoms with Gasteiger partial charge in [-0.3, -0.25) is 0 Å². The van der Waals surface area contributed by atoms with Crippen LogP contribution in [0.15, 0.2) is 96.8 Å². The molecule has 0 spiro atoms. The lowest BCUT2D eigenvalue weighted by Crippen LogP contribution is -2.54. The second-order valence-corrected chi connectivity index (χ2v) is 25.2. The minimum Gasteiger partial charge on any atom is -0.497 e. The minimum atomic E-state index is -0.769. The van der Waals surface area contributed by atoms with Crippen molar-refractivity contribution in [2.45, 2.75) is 178 Å². The lowest BCUT2D eigenvalue weighted by Gasteiger charge is -2.55. The van der Waals surface area contributed by atoms with Gasteiger partial charge in [0.15, 0.2) is 0 Å². The molecule has 4 aromatic rings. The number of benzene rings is 4. The van der Waals surface area contributed by atoms with Gasteiger partial charge in [0.05, 0.1) is 30.7 Å². The van der Waals surface area contributed by atoms with Crippen molar-refractivity contribution in [3.05, 3.63) is 147 Å². The molecule has 0 radical (unpaired) electrons. The van der Waals surface area contributed by atoms with E-state index in [-0.39, 0.29) is 41.7 Å². The maximum atomic E-state index is 11.6. The second-order valence-electron chi connectivity index (χ2n) is 22.5. The molecule has 8 atom stereocenters. The largest absolute Gasteiger partial charge is 0.497 e. The minimum absolute atomic E-state index is 0.0876. The Morgan fingerprint density at radius 1 is 0.592 bits per heavy atom. The highest BCUT2D eigenvalue weighted by molar-refractivity contribution is 8.07. The van der Waals surface area contributed by atoms with Crippen LogP contribution in [0.5, 0.6) is 5.75 Å². The van der Waals surface area contributed by atoms with Gasteiger partial charge in [0.25, 0.3) is 0 Å². The zero-order valence-corrected chi connectivity index (χ0v) is 46.2. The lowest BCUT2D eigenvalue weighted by atomic mass is 9.49. The quantitative estimate of drug-likeness (QED) is 0.0554. The lowest BCUT2D eigenvalue weighted by molar-refractivity contribution is -0.0750. The Bertz CT molecular complexity index is 2390. The van der Waals surface area contributed by atoms with Gasteiger partial charge in [-0.2, -0.15) is 23.5 Å². The van der Waals surface area contributed by atoms with E-state index < -0.39 is 6.10 Å². The van der Waals surface area contributed by atoms with Gasteiger partial charge in [-0.15, -0.1) is 0 Å². The molecule has 7 heteroatoms. The van der Waals surface area contributed by atoms with Crippen LogP contribution in [0.3, 0.4) is 0 Å². The first-order valence-electron chi connectivity index (χ1n) is 27.9. The first-order chi connectivity index (χ1) is 34.4. The zero-order chi connectivity index (χ0) is 49.8. The molecule has 0 bridgehead atoms. The second kappa shape index (κ2) is 23.1. The van der Waals surface area contributed by atoms with Crippen LogP contribution in [0.4, 0.5) is 0 Å². The van der Waals surface area contributed by atoms with E-state index in [1.807, 2.05) is 23.5 Å². The molecular weight excluding hydrogens is 913 g/mol. The van der Waals surface area contributed by atoms with Gasteiger partial charge in [0, 0.05) is 38.8 Å². The zero-order valence-electron chi connectivity index (χ0n) is 44.6. The van der Waals surface area contributed by atoms with E-state index >= 15 is 0 Å². The molecule has 5 nitrogen and oxygen atoms in total. The summed E-state index contributed by atoms with van der Waals surface area (Å²) < 4.78 is 26.7. The number of aliphatic hydroxyl groups is 1. The van der Waals surface area contributed by atoms with Gasteiger partial charge >= 0.3 is 0 Å². The van der Waals surface area contributed by atoms with E-state index in [0.29, 0.717) is 28.3 Å². The van der Waals surface area contributed by atoms with Gasteiger partial charge in [-0.1, -0.05) is 132 Å². The Kier molecular flexibility index (Phi) is 17.2. The number of aliphatic hydroxyl groups excluding tert-OH is 1. The Morgan fingerprint density at radius 3 is 1.66 bits per heavy atom. The first kappa shape index (κ1) is 52.7. The molecule has 2 saturated carbocycles. The van der Waals surface area contributed by atoms with Crippen LogP contribution in [0.25, 0.3) is 0 Å². The van der Waals surface area contributed by atoms with Crippen molar-refractivity contribution in [3.63, 3.8) is 0 Å². The smallest absolute Gasteiger partial charge is 0.119 e. The van der Waals surface area contributed by atoms with E-state index in [1.165, 1.54) is 132 Å². The molecule has 0 aromatic heterocycles. The van der Waals surface area contributed by atoms with E-state index in [0.717, 1.165) is 38.2 Å². The molecule has 2 aliphatic heterocycles. The van der Waals surface area contributed by atoms with Crippen molar-refractivity contribution in [2.24, 2.45) is 23.7 Å². The predicted octanol–water partition coefficient (Wildman–Crippen LogP) is 15.3. The SMILES string of the molecule is CCC(CC)(OCC1CS1)c1ccc(C(c2ccc(OCC(O)COC(C)[C@@H](C)[C@](c3ccc(C)c(C)c3)(C3CCCCC3)[C@H]3CC=C3OCC3CS3)cc2)(c2ccc(C)c(C)c2)C2CCCCC2)cc1. The third kappa shape index (κ3) is 11.1. The fourth-order valence-corrected chi connectivity index (χ4v) is 14.3. The maximum absolute atomic E-state index is 11.6. The standard InChI is InChI=1S/C64H86O5S2/c1-9-62(10-2,69-40-59-42-71-59)49-25-27-52(28-26-49)64(51-19-15-12-16-20-51,55-24-22-44(4)46(6)36-55)53-29-31-57(32-30-53)67-38-56(65)37-66-48(8)47(7)63(50-17-13-11-14-18-50,54-23-21-43(3)45(5)35-54)60-33-34-61(60)68-39-58-41-70-58/h21-32,34-36,47-48,50-51,56,58-60,65H,9-20,33,37-42H2,1-8H3/t47-,48?,56?,58?,59?,60+,63-,64?/m1/s1. The summed E-state index contributed by atoms with van der Waals surface area (Å²) in [6.45, 7) is 20.2. The van der Waals surface area contributed by atoms with Crippen LogP contribution in [0.2, 0.25) is 0 Å². The fourth-order valence-electron chi connectivity index (χ4n) is 13.5. The summed E-state index contributed by atoms with van der Waals surface area (Å²) in [4.78, 5) is 0. The molecule has 384 valence electrons. The molecule has 1 N–H and O–H groups in total.